The Labute approximate surface area is 139 Å². The second-order valence-corrected chi connectivity index (χ2v) is 6.06. The van der Waals surface area contributed by atoms with Crippen LogP contribution in [0.1, 0.15) is 21.5 Å². The highest BCUT2D eigenvalue weighted by atomic mass is 35.5. The van der Waals surface area contributed by atoms with Crippen LogP contribution in [0.15, 0.2) is 78.9 Å². The molecule has 0 bridgehead atoms. The molecule has 1 heterocycles. The van der Waals surface area contributed by atoms with Crippen LogP contribution in [-0.4, -0.2) is 5.78 Å². The number of benzene rings is 3. The number of carbonyl (C=O) groups excluding carboxylic acids is 1. The summed E-state index contributed by atoms with van der Waals surface area (Å²) in [4.78, 5) is 13.4. The molecule has 0 saturated heterocycles. The van der Waals surface area contributed by atoms with Gasteiger partial charge in [0.05, 0.1) is 0 Å². The molecule has 0 aromatic heterocycles. The Morgan fingerprint density at radius 3 is 1.91 bits per heavy atom. The third kappa shape index (κ3) is 2.07. The van der Waals surface area contributed by atoms with Gasteiger partial charge in [0.1, 0.15) is 0 Å². The molecule has 3 heteroatoms. The zero-order valence-corrected chi connectivity index (χ0v) is 13.0. The number of Topliss-reactive ketones (excluding diaryl/α,β-unsaturated/α-hetero) is 1. The molecule has 3 aromatic rings. The molecule has 0 fully saturated rings. The zero-order chi connectivity index (χ0) is 15.9. The van der Waals surface area contributed by atoms with E-state index in [1.165, 1.54) is 0 Å². The fourth-order valence-electron chi connectivity index (χ4n) is 3.22. The molecular weight excluding hydrogens is 306 g/mol. The standard InChI is InChI=1S/C20H14ClNO/c21-16-11-12-18-17(13-16)19(23)20(22-18,14-7-3-1-4-8-14)15-9-5-2-6-10-15/h1-13,22H. The maximum atomic E-state index is 13.4. The summed E-state index contributed by atoms with van der Waals surface area (Å²) >= 11 is 6.09. The average molecular weight is 320 g/mol. The second kappa shape index (κ2) is 5.25. The van der Waals surface area contributed by atoms with E-state index in [0.29, 0.717) is 10.6 Å². The van der Waals surface area contributed by atoms with Crippen LogP contribution in [0.2, 0.25) is 5.02 Å². The first-order valence-corrected chi connectivity index (χ1v) is 7.83. The Morgan fingerprint density at radius 1 is 0.783 bits per heavy atom. The Kier molecular flexibility index (Phi) is 3.21. The second-order valence-electron chi connectivity index (χ2n) is 5.63. The molecule has 0 amide bonds. The number of nitrogens with one attached hydrogen (secondary N) is 1. The molecule has 0 radical (unpaired) electrons. The van der Waals surface area contributed by atoms with Gasteiger partial charge in [-0.15, -0.1) is 0 Å². The van der Waals surface area contributed by atoms with Gasteiger partial charge in [0.2, 0.25) is 0 Å². The van der Waals surface area contributed by atoms with Crippen molar-refractivity contribution in [2.75, 3.05) is 5.32 Å². The van der Waals surface area contributed by atoms with Gasteiger partial charge in [-0.2, -0.15) is 0 Å². The van der Waals surface area contributed by atoms with Crippen LogP contribution in [0.5, 0.6) is 0 Å². The van der Waals surface area contributed by atoms with Gasteiger partial charge in [-0.3, -0.25) is 4.79 Å². The topological polar surface area (TPSA) is 29.1 Å². The Balaban J connectivity index is 1.98. The highest BCUT2D eigenvalue weighted by molar-refractivity contribution is 6.31. The largest absolute Gasteiger partial charge is 0.365 e. The first kappa shape index (κ1) is 14.0. The minimum atomic E-state index is -0.907. The van der Waals surface area contributed by atoms with Gasteiger partial charge in [-0.1, -0.05) is 72.3 Å². The summed E-state index contributed by atoms with van der Waals surface area (Å²) in [6, 6.07) is 25.0. The highest BCUT2D eigenvalue weighted by Gasteiger charge is 2.48. The zero-order valence-electron chi connectivity index (χ0n) is 12.3. The van der Waals surface area contributed by atoms with Crippen molar-refractivity contribution in [2.24, 2.45) is 0 Å². The summed E-state index contributed by atoms with van der Waals surface area (Å²) in [6.07, 6.45) is 0. The summed E-state index contributed by atoms with van der Waals surface area (Å²) in [7, 11) is 0. The Hall–Kier alpha value is -2.58. The van der Waals surface area contributed by atoms with E-state index in [1.807, 2.05) is 66.7 Å². The predicted octanol–water partition coefficient (Wildman–Crippen LogP) is 4.89. The summed E-state index contributed by atoms with van der Waals surface area (Å²) in [5, 5.41) is 4.01. The van der Waals surface area contributed by atoms with Gasteiger partial charge in [-0.05, 0) is 29.3 Å². The monoisotopic (exact) mass is 319 g/mol. The fourth-order valence-corrected chi connectivity index (χ4v) is 3.40. The molecule has 1 aliphatic heterocycles. The first-order valence-electron chi connectivity index (χ1n) is 7.45. The molecule has 4 rings (SSSR count). The van der Waals surface area contributed by atoms with Crippen molar-refractivity contribution in [3.63, 3.8) is 0 Å². The predicted molar refractivity (Wildman–Crippen MR) is 93.1 cm³/mol. The van der Waals surface area contributed by atoms with Gasteiger partial charge in [-0.25, -0.2) is 0 Å². The van der Waals surface area contributed by atoms with Crippen molar-refractivity contribution >= 4 is 23.1 Å². The van der Waals surface area contributed by atoms with Gasteiger partial charge in [0.15, 0.2) is 11.3 Å². The minimum Gasteiger partial charge on any atom is -0.365 e. The first-order chi connectivity index (χ1) is 11.2. The van der Waals surface area contributed by atoms with Crippen molar-refractivity contribution in [1.29, 1.82) is 0 Å². The molecule has 2 nitrogen and oxygen atoms in total. The minimum absolute atomic E-state index is 0.0207. The molecule has 3 aromatic carbocycles. The average Bonchev–Trinajstić information content (AvgIpc) is 2.90. The number of hydrogen-bond acceptors (Lipinski definition) is 2. The van der Waals surface area contributed by atoms with E-state index in [4.69, 9.17) is 11.6 Å². The van der Waals surface area contributed by atoms with Crippen LogP contribution in [0, 0.1) is 0 Å². The normalized spacial score (nSPS) is 15.1. The number of ketones is 1. The lowest BCUT2D eigenvalue weighted by molar-refractivity contribution is 0.0941. The molecule has 0 unspecified atom stereocenters. The highest BCUT2D eigenvalue weighted by Crippen LogP contribution is 2.44. The SMILES string of the molecule is O=C1c2cc(Cl)ccc2NC1(c1ccccc1)c1ccccc1. The van der Waals surface area contributed by atoms with Crippen LogP contribution in [-0.2, 0) is 5.54 Å². The third-order valence-electron chi connectivity index (χ3n) is 4.30. The fraction of sp³-hybridized carbons (Fsp3) is 0.0500. The molecule has 1 N–H and O–H groups in total. The van der Waals surface area contributed by atoms with Gasteiger partial charge in [0.25, 0.3) is 0 Å². The van der Waals surface area contributed by atoms with Crippen molar-refractivity contribution in [1.82, 2.24) is 0 Å². The Bertz CT molecular complexity index is 835. The molecular formula is C20H14ClNO. The van der Waals surface area contributed by atoms with Crippen LogP contribution < -0.4 is 5.32 Å². The van der Waals surface area contributed by atoms with E-state index >= 15 is 0 Å². The van der Waals surface area contributed by atoms with Crippen molar-refractivity contribution in [2.45, 2.75) is 5.54 Å². The van der Waals surface area contributed by atoms with E-state index in [0.717, 1.165) is 16.8 Å². The van der Waals surface area contributed by atoms with E-state index < -0.39 is 5.54 Å². The number of fused-ring (bicyclic) bond motifs is 1. The molecule has 0 spiro atoms. The van der Waals surface area contributed by atoms with E-state index in [1.54, 1.807) is 12.1 Å². The Morgan fingerprint density at radius 2 is 1.35 bits per heavy atom. The van der Waals surface area contributed by atoms with Crippen LogP contribution >= 0.6 is 11.6 Å². The summed E-state index contributed by atoms with van der Waals surface area (Å²) < 4.78 is 0. The van der Waals surface area contributed by atoms with Gasteiger partial charge in [0, 0.05) is 16.3 Å². The molecule has 0 atom stereocenters. The summed E-state index contributed by atoms with van der Waals surface area (Å²) in [6.45, 7) is 0. The van der Waals surface area contributed by atoms with Gasteiger partial charge >= 0.3 is 0 Å². The van der Waals surface area contributed by atoms with Crippen molar-refractivity contribution in [3.8, 4) is 0 Å². The molecule has 23 heavy (non-hydrogen) atoms. The molecule has 1 aliphatic rings. The number of anilines is 1. The van der Waals surface area contributed by atoms with E-state index in [9.17, 15) is 4.79 Å². The third-order valence-corrected chi connectivity index (χ3v) is 4.54. The number of halogens is 1. The summed E-state index contributed by atoms with van der Waals surface area (Å²) in [5.41, 5.74) is 2.37. The maximum Gasteiger partial charge on any atom is 0.199 e. The van der Waals surface area contributed by atoms with Gasteiger partial charge < -0.3 is 5.32 Å². The maximum absolute atomic E-state index is 13.4. The number of carbonyl (C=O) groups is 1. The molecule has 0 saturated carbocycles. The number of hydrogen-bond donors (Lipinski definition) is 1. The lowest BCUT2D eigenvalue weighted by Gasteiger charge is -2.29. The van der Waals surface area contributed by atoms with Crippen LogP contribution in [0.4, 0.5) is 5.69 Å². The smallest absolute Gasteiger partial charge is 0.199 e. The van der Waals surface area contributed by atoms with Crippen molar-refractivity contribution < 1.29 is 4.79 Å². The lowest BCUT2D eigenvalue weighted by Crippen LogP contribution is -2.39. The van der Waals surface area contributed by atoms with E-state index in [-0.39, 0.29) is 5.78 Å². The molecule has 112 valence electrons. The summed E-state index contributed by atoms with van der Waals surface area (Å²) in [5.74, 6) is 0.0207. The van der Waals surface area contributed by atoms with Crippen LogP contribution in [0.25, 0.3) is 0 Å². The molecule has 0 aliphatic carbocycles. The van der Waals surface area contributed by atoms with Crippen molar-refractivity contribution in [3.05, 3.63) is 101 Å². The number of rotatable bonds is 2. The lowest BCUT2D eigenvalue weighted by atomic mass is 9.80. The van der Waals surface area contributed by atoms with Crippen LogP contribution in [0.3, 0.4) is 0 Å². The quantitative estimate of drug-likeness (QED) is 0.728. The van der Waals surface area contributed by atoms with E-state index in [2.05, 4.69) is 5.32 Å².